The van der Waals surface area contributed by atoms with Crippen LogP contribution in [0.25, 0.3) is 0 Å². The zero-order chi connectivity index (χ0) is 21.1. The molecule has 3 atom stereocenters. The first-order valence-electron chi connectivity index (χ1n) is 10.2. The summed E-state index contributed by atoms with van der Waals surface area (Å²) in [6.45, 7) is 1.89. The number of ether oxygens (including phenoxy) is 3. The first-order chi connectivity index (χ1) is 14.0. The normalized spacial score (nSPS) is 20.4. The Bertz CT molecular complexity index is 602. The lowest BCUT2D eigenvalue weighted by Crippen LogP contribution is -2.41. The Morgan fingerprint density at radius 1 is 1.21 bits per heavy atom. The summed E-state index contributed by atoms with van der Waals surface area (Å²) in [5.74, 6) is -1.20. The highest BCUT2D eigenvalue weighted by Gasteiger charge is 2.33. The number of hydrogen-bond acceptors (Lipinski definition) is 7. The van der Waals surface area contributed by atoms with Gasteiger partial charge in [-0.1, -0.05) is 12.8 Å². The van der Waals surface area contributed by atoms with Crippen molar-refractivity contribution in [2.45, 2.75) is 44.6 Å². The largest absolute Gasteiger partial charge is 0.463 e. The molecule has 0 radical (unpaired) electrons. The lowest BCUT2D eigenvalue weighted by Gasteiger charge is -2.20. The summed E-state index contributed by atoms with van der Waals surface area (Å²) in [4.78, 5) is 36.5. The summed E-state index contributed by atoms with van der Waals surface area (Å²) in [5.41, 5.74) is 0. The predicted octanol–water partition coefficient (Wildman–Crippen LogP) is 0.534. The van der Waals surface area contributed by atoms with Crippen LogP contribution in [0.1, 0.15) is 38.5 Å². The lowest BCUT2D eigenvalue weighted by molar-refractivity contribution is -0.148. The highest BCUT2D eigenvalue weighted by atomic mass is 16.6. The topological polar surface area (TPSA) is 127 Å². The minimum Gasteiger partial charge on any atom is -0.463 e. The molecule has 2 N–H and O–H groups in total. The van der Waals surface area contributed by atoms with Gasteiger partial charge in [0.05, 0.1) is 32.3 Å². The second-order valence-corrected chi connectivity index (χ2v) is 7.61. The SMILES string of the molecule is COCCOCCOC(=O)CC(CC1CC1)C(=O)NC(C#N)CC1CCNC1=O. The molecule has 1 saturated carbocycles. The Kier molecular flexibility index (Phi) is 9.88. The van der Waals surface area contributed by atoms with Crippen molar-refractivity contribution in [2.24, 2.45) is 17.8 Å². The number of carbonyl (C=O) groups excluding carboxylic acids is 3. The number of nitrogens with zero attached hydrogens (tertiary/aromatic N) is 1. The van der Waals surface area contributed by atoms with Crippen molar-refractivity contribution in [1.29, 1.82) is 5.26 Å². The molecule has 0 aromatic carbocycles. The Labute approximate surface area is 171 Å². The molecule has 1 heterocycles. The Morgan fingerprint density at radius 2 is 1.97 bits per heavy atom. The summed E-state index contributed by atoms with van der Waals surface area (Å²) in [7, 11) is 1.58. The zero-order valence-electron chi connectivity index (χ0n) is 17.0. The maximum atomic E-state index is 12.7. The monoisotopic (exact) mass is 409 g/mol. The van der Waals surface area contributed by atoms with Crippen molar-refractivity contribution in [2.75, 3.05) is 40.1 Å². The number of hydrogen-bond donors (Lipinski definition) is 2. The minimum absolute atomic E-state index is 0.0253. The highest BCUT2D eigenvalue weighted by molar-refractivity contribution is 5.84. The predicted molar refractivity (Wildman–Crippen MR) is 102 cm³/mol. The molecule has 0 spiro atoms. The van der Waals surface area contributed by atoms with Gasteiger partial charge in [0.15, 0.2) is 0 Å². The van der Waals surface area contributed by atoms with Gasteiger partial charge in [0.1, 0.15) is 12.6 Å². The van der Waals surface area contributed by atoms with E-state index in [-0.39, 0.29) is 43.8 Å². The molecule has 3 unspecified atom stereocenters. The molecule has 9 nitrogen and oxygen atoms in total. The van der Waals surface area contributed by atoms with Gasteiger partial charge in [0, 0.05) is 25.5 Å². The van der Waals surface area contributed by atoms with E-state index in [4.69, 9.17) is 14.2 Å². The third kappa shape index (κ3) is 8.79. The Morgan fingerprint density at radius 3 is 2.59 bits per heavy atom. The van der Waals surface area contributed by atoms with E-state index in [0.717, 1.165) is 12.8 Å². The van der Waals surface area contributed by atoms with E-state index in [1.54, 1.807) is 7.11 Å². The van der Waals surface area contributed by atoms with Crippen molar-refractivity contribution >= 4 is 17.8 Å². The fourth-order valence-corrected chi connectivity index (χ4v) is 3.35. The molecular weight excluding hydrogens is 378 g/mol. The number of rotatable bonds is 14. The van der Waals surface area contributed by atoms with Crippen LogP contribution in [0.5, 0.6) is 0 Å². The summed E-state index contributed by atoms with van der Waals surface area (Å²) in [6.07, 6.45) is 3.63. The van der Waals surface area contributed by atoms with Crippen molar-refractivity contribution in [1.82, 2.24) is 10.6 Å². The number of esters is 1. The average Bonchev–Trinajstić information content (AvgIpc) is 3.43. The fraction of sp³-hybridized carbons (Fsp3) is 0.800. The molecule has 0 aromatic heterocycles. The molecule has 1 saturated heterocycles. The van der Waals surface area contributed by atoms with E-state index < -0.39 is 17.9 Å². The van der Waals surface area contributed by atoms with Crippen LogP contribution in [0, 0.1) is 29.1 Å². The van der Waals surface area contributed by atoms with Crippen molar-refractivity contribution in [3.05, 3.63) is 0 Å². The third-order valence-electron chi connectivity index (χ3n) is 5.18. The van der Waals surface area contributed by atoms with Crippen LogP contribution in [0.4, 0.5) is 0 Å². The van der Waals surface area contributed by atoms with E-state index in [2.05, 4.69) is 16.7 Å². The minimum atomic E-state index is -0.747. The maximum Gasteiger partial charge on any atom is 0.306 e. The van der Waals surface area contributed by atoms with Crippen LogP contribution < -0.4 is 10.6 Å². The van der Waals surface area contributed by atoms with E-state index in [0.29, 0.717) is 38.5 Å². The molecule has 2 fully saturated rings. The first-order valence-corrected chi connectivity index (χ1v) is 10.2. The van der Waals surface area contributed by atoms with E-state index in [1.807, 2.05) is 0 Å². The van der Waals surface area contributed by atoms with Crippen molar-refractivity contribution in [3.8, 4) is 6.07 Å². The molecule has 1 aliphatic carbocycles. The number of amides is 2. The fourth-order valence-electron chi connectivity index (χ4n) is 3.35. The van der Waals surface area contributed by atoms with Gasteiger partial charge in [-0.25, -0.2) is 0 Å². The molecule has 29 heavy (non-hydrogen) atoms. The maximum absolute atomic E-state index is 12.7. The van der Waals surface area contributed by atoms with Crippen LogP contribution >= 0.6 is 0 Å². The molecular formula is C20H31N3O6. The van der Waals surface area contributed by atoms with E-state index in [9.17, 15) is 19.6 Å². The molecule has 0 aromatic rings. The first kappa shape index (κ1) is 23.1. The van der Waals surface area contributed by atoms with Crippen LogP contribution in [0.3, 0.4) is 0 Å². The average molecular weight is 409 g/mol. The van der Waals surface area contributed by atoms with Gasteiger partial charge in [0.25, 0.3) is 0 Å². The number of carbonyl (C=O) groups is 3. The smallest absolute Gasteiger partial charge is 0.306 e. The van der Waals surface area contributed by atoms with Crippen LogP contribution in [-0.4, -0.2) is 63.9 Å². The molecule has 2 aliphatic rings. The molecule has 2 amide bonds. The molecule has 9 heteroatoms. The number of nitriles is 1. The van der Waals surface area contributed by atoms with Gasteiger partial charge in [-0.3, -0.25) is 14.4 Å². The lowest BCUT2D eigenvalue weighted by atomic mass is 9.95. The van der Waals surface area contributed by atoms with Crippen molar-refractivity contribution in [3.63, 3.8) is 0 Å². The summed E-state index contributed by atoms with van der Waals surface area (Å²) in [6, 6.07) is 1.31. The standard InChI is InChI=1S/C20H31N3O6/c1-27-6-7-28-8-9-29-18(24)12-16(10-14-2-3-14)20(26)23-17(13-21)11-15-4-5-22-19(15)25/h14-17H,2-12H2,1H3,(H,22,25)(H,23,26). The number of nitrogens with one attached hydrogen (secondary N) is 2. The summed E-state index contributed by atoms with van der Waals surface area (Å²) < 4.78 is 15.3. The highest BCUT2D eigenvalue weighted by Crippen LogP contribution is 2.36. The molecule has 2 rings (SSSR count). The Hall–Kier alpha value is -2.18. The Balaban J connectivity index is 1.77. The third-order valence-corrected chi connectivity index (χ3v) is 5.18. The van der Waals surface area contributed by atoms with Gasteiger partial charge in [-0.05, 0) is 25.2 Å². The van der Waals surface area contributed by atoms with Gasteiger partial charge >= 0.3 is 5.97 Å². The quantitative estimate of drug-likeness (QED) is 0.316. The zero-order valence-corrected chi connectivity index (χ0v) is 17.0. The van der Waals surface area contributed by atoms with Crippen LogP contribution in [0.15, 0.2) is 0 Å². The second-order valence-electron chi connectivity index (χ2n) is 7.61. The van der Waals surface area contributed by atoms with Crippen LogP contribution in [-0.2, 0) is 28.6 Å². The van der Waals surface area contributed by atoms with Gasteiger partial charge in [-0.2, -0.15) is 5.26 Å². The molecule has 162 valence electrons. The molecule has 1 aliphatic heterocycles. The van der Waals surface area contributed by atoms with Crippen LogP contribution in [0.2, 0.25) is 0 Å². The summed E-state index contributed by atoms with van der Waals surface area (Å²) in [5, 5.41) is 14.8. The van der Waals surface area contributed by atoms with Gasteiger partial charge < -0.3 is 24.8 Å². The summed E-state index contributed by atoms with van der Waals surface area (Å²) >= 11 is 0. The van der Waals surface area contributed by atoms with Gasteiger partial charge in [0.2, 0.25) is 11.8 Å². The second kappa shape index (κ2) is 12.4. The van der Waals surface area contributed by atoms with E-state index in [1.165, 1.54) is 0 Å². The van der Waals surface area contributed by atoms with E-state index >= 15 is 0 Å². The molecule has 0 bridgehead atoms. The van der Waals surface area contributed by atoms with Crippen molar-refractivity contribution < 1.29 is 28.6 Å². The van der Waals surface area contributed by atoms with Gasteiger partial charge in [-0.15, -0.1) is 0 Å². The number of methoxy groups -OCH3 is 1.